The second kappa shape index (κ2) is 8.47. The molecule has 8 nitrogen and oxygen atoms in total. The molecule has 2 rings (SSSR count). The number of amides is 2. The van der Waals surface area contributed by atoms with Crippen molar-refractivity contribution in [1.82, 2.24) is 4.90 Å². The molecule has 2 atom stereocenters. The molecular weight excluding hydrogens is 376 g/mol. The van der Waals surface area contributed by atoms with Crippen LogP contribution in [-0.2, 0) is 19.1 Å². The molecule has 0 radical (unpaired) electrons. The van der Waals surface area contributed by atoms with Gasteiger partial charge in [0.1, 0.15) is 0 Å². The first-order valence-electron chi connectivity index (χ1n) is 8.59. The number of likely N-dealkylation sites (tertiary alicyclic amines) is 1. The van der Waals surface area contributed by atoms with Gasteiger partial charge in [-0.15, -0.1) is 0 Å². The zero-order chi connectivity index (χ0) is 20.2. The molecule has 1 aromatic carbocycles. The van der Waals surface area contributed by atoms with Gasteiger partial charge in [0.25, 0.3) is 0 Å². The average Bonchev–Trinajstić information content (AvgIpc) is 2.89. The topological polar surface area (TPSA) is 107 Å². The molecule has 1 aliphatic rings. The quantitative estimate of drug-likeness (QED) is 0.219. The Morgan fingerprint density at radius 1 is 1.41 bits per heavy atom. The van der Waals surface area contributed by atoms with Crippen LogP contribution in [0.5, 0.6) is 0 Å². The molecule has 0 saturated carbocycles. The first-order chi connectivity index (χ1) is 12.8. The number of hydrogen-bond acceptors (Lipinski definition) is 6. The smallest absolute Gasteiger partial charge is 0.322 e. The van der Waals surface area contributed by atoms with Gasteiger partial charge < -0.3 is 4.74 Å². The zero-order valence-electron chi connectivity index (χ0n) is 15.1. The van der Waals surface area contributed by atoms with Crippen LogP contribution < -0.4 is 0 Å². The number of carbonyl (C=O) groups is 3. The van der Waals surface area contributed by atoms with Gasteiger partial charge in [0.2, 0.25) is 18.4 Å². The lowest BCUT2D eigenvalue weighted by molar-refractivity contribution is -0.485. The zero-order valence-corrected chi connectivity index (χ0v) is 15.9. The number of nitro groups is 1. The Bertz CT molecular complexity index is 768. The SMILES string of the molecule is CCCCN1C(=O)C[C@@](C(=O)OC)([C@@H](C[N+](=O)[O-])c2ccccc2Cl)C1=O. The maximum Gasteiger partial charge on any atom is 0.322 e. The molecular formula is C18H21ClN2O6. The molecule has 0 aliphatic carbocycles. The molecule has 27 heavy (non-hydrogen) atoms. The molecule has 0 aromatic heterocycles. The Morgan fingerprint density at radius 3 is 2.63 bits per heavy atom. The molecule has 1 saturated heterocycles. The van der Waals surface area contributed by atoms with E-state index in [0.717, 1.165) is 18.4 Å². The van der Waals surface area contributed by atoms with Crippen LogP contribution in [0.15, 0.2) is 24.3 Å². The van der Waals surface area contributed by atoms with E-state index in [-0.39, 0.29) is 17.1 Å². The largest absolute Gasteiger partial charge is 0.468 e. The van der Waals surface area contributed by atoms with Crippen LogP contribution in [0.4, 0.5) is 0 Å². The number of unbranched alkanes of at least 4 members (excludes halogenated alkanes) is 1. The molecule has 0 N–H and O–H groups in total. The Kier molecular flexibility index (Phi) is 6.54. The molecule has 0 unspecified atom stereocenters. The van der Waals surface area contributed by atoms with Crippen molar-refractivity contribution in [3.63, 3.8) is 0 Å². The molecule has 0 spiro atoms. The molecule has 1 fully saturated rings. The number of ether oxygens (including phenoxy) is 1. The van der Waals surface area contributed by atoms with E-state index < -0.39 is 47.0 Å². The van der Waals surface area contributed by atoms with Crippen LogP contribution in [0, 0.1) is 15.5 Å². The van der Waals surface area contributed by atoms with Gasteiger partial charge in [-0.05, 0) is 18.1 Å². The van der Waals surface area contributed by atoms with Gasteiger partial charge in [-0.3, -0.25) is 29.4 Å². The van der Waals surface area contributed by atoms with Gasteiger partial charge in [0, 0.05) is 16.5 Å². The molecule has 146 valence electrons. The lowest BCUT2D eigenvalue weighted by Gasteiger charge is -2.31. The number of benzene rings is 1. The van der Waals surface area contributed by atoms with Crippen LogP contribution in [0.3, 0.4) is 0 Å². The van der Waals surface area contributed by atoms with Crippen LogP contribution in [0.1, 0.15) is 37.7 Å². The van der Waals surface area contributed by atoms with Crippen molar-refractivity contribution in [2.24, 2.45) is 5.41 Å². The molecule has 2 amide bonds. The van der Waals surface area contributed by atoms with E-state index in [2.05, 4.69) is 0 Å². The van der Waals surface area contributed by atoms with Crippen LogP contribution in [0.25, 0.3) is 0 Å². The second-order valence-electron chi connectivity index (χ2n) is 6.43. The minimum absolute atomic E-state index is 0.153. The van der Waals surface area contributed by atoms with Crippen molar-refractivity contribution >= 4 is 29.4 Å². The second-order valence-corrected chi connectivity index (χ2v) is 6.84. The fourth-order valence-electron chi connectivity index (χ4n) is 3.49. The van der Waals surface area contributed by atoms with Gasteiger partial charge in [-0.2, -0.15) is 0 Å². The van der Waals surface area contributed by atoms with Gasteiger partial charge in [-0.1, -0.05) is 43.1 Å². The van der Waals surface area contributed by atoms with E-state index in [1.807, 2.05) is 6.92 Å². The summed E-state index contributed by atoms with van der Waals surface area (Å²) in [5.41, 5.74) is -1.74. The van der Waals surface area contributed by atoms with Crippen molar-refractivity contribution in [2.45, 2.75) is 32.1 Å². The summed E-state index contributed by atoms with van der Waals surface area (Å²) >= 11 is 6.21. The number of hydrogen-bond donors (Lipinski definition) is 0. The highest BCUT2D eigenvalue weighted by atomic mass is 35.5. The summed E-state index contributed by atoms with van der Waals surface area (Å²) in [5, 5.41) is 11.5. The maximum atomic E-state index is 13.2. The van der Waals surface area contributed by atoms with Crippen LogP contribution >= 0.6 is 11.6 Å². The lowest BCUT2D eigenvalue weighted by atomic mass is 9.70. The number of rotatable bonds is 8. The highest BCUT2D eigenvalue weighted by Gasteiger charge is 2.63. The molecule has 0 bridgehead atoms. The first kappa shape index (κ1) is 20.8. The van der Waals surface area contributed by atoms with Crippen LogP contribution in [0.2, 0.25) is 5.02 Å². The van der Waals surface area contributed by atoms with Crippen LogP contribution in [-0.4, -0.2) is 47.8 Å². The van der Waals surface area contributed by atoms with E-state index in [1.165, 1.54) is 12.1 Å². The number of esters is 1. The van der Waals surface area contributed by atoms with E-state index in [1.54, 1.807) is 12.1 Å². The molecule has 1 heterocycles. The Labute approximate surface area is 161 Å². The van der Waals surface area contributed by atoms with Gasteiger partial charge in [0.15, 0.2) is 5.41 Å². The summed E-state index contributed by atoms with van der Waals surface area (Å²) in [6, 6.07) is 6.28. The van der Waals surface area contributed by atoms with Crippen molar-refractivity contribution < 1.29 is 24.0 Å². The van der Waals surface area contributed by atoms with Crippen molar-refractivity contribution in [3.05, 3.63) is 45.0 Å². The summed E-state index contributed by atoms with van der Waals surface area (Å²) in [5.74, 6) is -3.50. The maximum absolute atomic E-state index is 13.2. The fourth-order valence-corrected chi connectivity index (χ4v) is 3.76. The number of nitrogens with zero attached hydrogens (tertiary/aromatic N) is 2. The summed E-state index contributed by atoms with van der Waals surface area (Å²) in [6.07, 6.45) is 0.831. The number of carbonyl (C=O) groups excluding carboxylic acids is 3. The van der Waals surface area contributed by atoms with Crippen molar-refractivity contribution in [2.75, 3.05) is 20.2 Å². The summed E-state index contributed by atoms with van der Waals surface area (Å²) < 4.78 is 4.83. The lowest BCUT2D eigenvalue weighted by Crippen LogP contribution is -2.48. The standard InChI is InChI=1S/C18H21ClN2O6/c1-3-4-9-20-15(22)10-18(16(20)23,17(24)27-2)13(11-21(25)26)12-7-5-6-8-14(12)19/h5-8,13H,3-4,9-11H2,1-2H3/t13-,18+/m0/s1. The first-order valence-corrected chi connectivity index (χ1v) is 8.96. The summed E-state index contributed by atoms with van der Waals surface area (Å²) in [4.78, 5) is 50.2. The average molecular weight is 397 g/mol. The van der Waals surface area contributed by atoms with Gasteiger partial charge in [-0.25, -0.2) is 0 Å². The monoisotopic (exact) mass is 396 g/mol. The third kappa shape index (κ3) is 3.80. The Hall–Kier alpha value is -2.48. The normalized spacial score (nSPS) is 20.6. The fraction of sp³-hybridized carbons (Fsp3) is 0.500. The van der Waals surface area contributed by atoms with E-state index >= 15 is 0 Å². The van der Waals surface area contributed by atoms with Crippen molar-refractivity contribution in [3.8, 4) is 0 Å². The number of halogens is 1. The third-order valence-corrected chi connectivity index (χ3v) is 5.19. The highest BCUT2D eigenvalue weighted by Crippen LogP contribution is 2.48. The highest BCUT2D eigenvalue weighted by molar-refractivity contribution is 6.31. The molecule has 1 aromatic rings. The predicted molar refractivity (Wildman–Crippen MR) is 96.7 cm³/mol. The molecule has 1 aliphatic heterocycles. The van der Waals surface area contributed by atoms with E-state index in [0.29, 0.717) is 6.42 Å². The Morgan fingerprint density at radius 2 is 2.07 bits per heavy atom. The predicted octanol–water partition coefficient (Wildman–Crippen LogP) is 2.42. The number of methoxy groups -OCH3 is 1. The number of imide groups is 1. The Balaban J connectivity index is 2.63. The third-order valence-electron chi connectivity index (χ3n) is 4.85. The molecule has 9 heteroatoms. The summed E-state index contributed by atoms with van der Waals surface area (Å²) in [6.45, 7) is 1.32. The minimum atomic E-state index is -2.00. The van der Waals surface area contributed by atoms with Gasteiger partial charge in [0.05, 0.1) is 19.4 Å². The summed E-state index contributed by atoms with van der Waals surface area (Å²) in [7, 11) is 1.09. The van der Waals surface area contributed by atoms with E-state index in [4.69, 9.17) is 16.3 Å². The van der Waals surface area contributed by atoms with Crippen molar-refractivity contribution in [1.29, 1.82) is 0 Å². The minimum Gasteiger partial charge on any atom is -0.468 e. The van der Waals surface area contributed by atoms with E-state index in [9.17, 15) is 24.5 Å². The van der Waals surface area contributed by atoms with Gasteiger partial charge >= 0.3 is 5.97 Å².